The number of urea groups is 2. The van der Waals surface area contributed by atoms with Crippen LogP contribution in [-0.2, 0) is 0 Å². The van der Waals surface area contributed by atoms with Gasteiger partial charge in [0.25, 0.3) is 0 Å². The van der Waals surface area contributed by atoms with Crippen LogP contribution in [0, 0.1) is 5.92 Å². The van der Waals surface area contributed by atoms with Crippen molar-refractivity contribution in [2.75, 3.05) is 0 Å². The van der Waals surface area contributed by atoms with Crippen molar-refractivity contribution in [3.63, 3.8) is 0 Å². The van der Waals surface area contributed by atoms with Gasteiger partial charge in [0.05, 0.1) is 0 Å². The Morgan fingerprint density at radius 1 is 1.07 bits per heavy atom. The molecule has 0 saturated carbocycles. The van der Waals surface area contributed by atoms with E-state index in [1.807, 2.05) is 13.8 Å². The maximum atomic E-state index is 10.4. The van der Waals surface area contributed by atoms with Gasteiger partial charge in [-0.15, -0.1) is 0 Å². The third-order valence-electron chi connectivity index (χ3n) is 1.26. The summed E-state index contributed by atoms with van der Waals surface area (Å²) in [5, 5.41) is 4.68. The van der Waals surface area contributed by atoms with E-state index in [1.54, 1.807) is 0 Å². The van der Waals surface area contributed by atoms with Crippen molar-refractivity contribution >= 4 is 35.1 Å². The van der Waals surface area contributed by atoms with E-state index in [0.717, 1.165) is 0 Å². The molecule has 0 aromatic rings. The van der Waals surface area contributed by atoms with Gasteiger partial charge in [-0.05, 0) is 5.92 Å². The van der Waals surface area contributed by atoms with Crippen molar-refractivity contribution in [2.45, 2.75) is 20.0 Å². The van der Waals surface area contributed by atoms with Crippen LogP contribution >= 0.6 is 0 Å². The van der Waals surface area contributed by atoms with Crippen molar-refractivity contribution in [3.05, 3.63) is 0 Å². The predicted molar refractivity (Wildman–Crippen MR) is 54.8 cm³/mol. The van der Waals surface area contributed by atoms with Crippen LogP contribution in [0.2, 0.25) is 0 Å². The third kappa shape index (κ3) is 9.35. The van der Waals surface area contributed by atoms with E-state index in [9.17, 15) is 9.59 Å². The van der Waals surface area contributed by atoms with Gasteiger partial charge >= 0.3 is 35.1 Å². The molecule has 0 aromatic heterocycles. The van der Waals surface area contributed by atoms with Crippen LogP contribution in [0.25, 0.3) is 0 Å². The first kappa shape index (κ1) is 18.9. The van der Waals surface area contributed by atoms with E-state index in [2.05, 4.69) is 10.6 Å². The van der Waals surface area contributed by atoms with Gasteiger partial charge in [-0.1, -0.05) is 13.8 Å². The Bertz CT molecular complexity index is 171. The Morgan fingerprint density at radius 2 is 1.36 bits per heavy atom. The summed E-state index contributed by atoms with van der Waals surface area (Å²) in [5.41, 5.74) is 9.73. The monoisotopic (exact) mass is 215 g/mol. The van der Waals surface area contributed by atoms with E-state index >= 15 is 0 Å². The number of hydrogen-bond acceptors (Lipinski definition) is 3. The maximum Gasteiger partial charge on any atom is 2.00 e. The molecule has 8 heteroatoms. The molecule has 0 aromatic carbocycles. The first-order chi connectivity index (χ1) is 5.43. The van der Waals surface area contributed by atoms with Crippen LogP contribution in [-0.4, -0.2) is 41.3 Å². The van der Waals surface area contributed by atoms with E-state index in [-0.39, 0.29) is 35.1 Å². The molecule has 4 amide bonds. The molecule has 0 saturated heterocycles. The number of hydrogen-bond donors (Lipinski definition) is 5. The fourth-order valence-corrected chi connectivity index (χ4v) is 0.676. The summed E-state index contributed by atoms with van der Waals surface area (Å²) < 4.78 is 0. The number of carbonyl (C=O) groups is 2. The molecule has 0 atom stereocenters. The SMILES string of the molecule is CC(C)C(NC(N)=O)NC(N)=O.N.[Mg+2]. The first-order valence-electron chi connectivity index (χ1n) is 3.55. The van der Waals surface area contributed by atoms with Gasteiger partial charge in [0.1, 0.15) is 6.17 Å². The molecule has 14 heavy (non-hydrogen) atoms. The zero-order valence-corrected chi connectivity index (χ0v) is 9.95. The van der Waals surface area contributed by atoms with Gasteiger partial charge in [0, 0.05) is 0 Å². The topological polar surface area (TPSA) is 145 Å². The minimum Gasteiger partial charge on any atom is -0.352 e. The Balaban J connectivity index is -0.000000605. The normalized spacial score (nSPS) is 8.57. The summed E-state index contributed by atoms with van der Waals surface area (Å²) in [4.78, 5) is 20.8. The summed E-state index contributed by atoms with van der Waals surface area (Å²) >= 11 is 0. The molecule has 0 aliphatic rings. The molecule has 0 rings (SSSR count). The summed E-state index contributed by atoms with van der Waals surface area (Å²) in [6.45, 7) is 3.63. The molecule has 0 aliphatic carbocycles. The second-order valence-electron chi connectivity index (χ2n) is 2.74. The van der Waals surface area contributed by atoms with Crippen LogP contribution in [0.1, 0.15) is 13.8 Å². The Kier molecular flexibility index (Phi) is 12.0. The van der Waals surface area contributed by atoms with E-state index in [0.29, 0.717) is 0 Å². The quantitative estimate of drug-likeness (QED) is 0.307. The smallest absolute Gasteiger partial charge is 0.352 e. The molecule has 0 fully saturated rings. The first-order valence-corrected chi connectivity index (χ1v) is 3.55. The maximum absolute atomic E-state index is 10.4. The van der Waals surface area contributed by atoms with Crippen LogP contribution < -0.4 is 28.3 Å². The Labute approximate surface area is 99.1 Å². The van der Waals surface area contributed by atoms with Gasteiger partial charge in [-0.3, -0.25) is 0 Å². The zero-order chi connectivity index (χ0) is 9.72. The van der Waals surface area contributed by atoms with E-state index in [1.165, 1.54) is 0 Å². The Hall–Kier alpha value is -0.734. The van der Waals surface area contributed by atoms with E-state index in [4.69, 9.17) is 11.5 Å². The van der Waals surface area contributed by atoms with E-state index < -0.39 is 18.2 Å². The van der Waals surface area contributed by atoms with Crippen molar-refractivity contribution in [1.82, 2.24) is 16.8 Å². The van der Waals surface area contributed by atoms with Gasteiger partial charge in [-0.2, -0.15) is 0 Å². The summed E-state index contributed by atoms with van der Waals surface area (Å²) in [6, 6.07) is -1.38. The van der Waals surface area contributed by atoms with Gasteiger partial charge in [0.15, 0.2) is 0 Å². The summed E-state index contributed by atoms with van der Waals surface area (Å²) in [7, 11) is 0. The molecule has 0 unspecified atom stereocenters. The minimum absolute atomic E-state index is 0. The molecule has 7 nitrogen and oxygen atoms in total. The van der Waals surface area contributed by atoms with Crippen LogP contribution in [0.3, 0.4) is 0 Å². The predicted octanol–water partition coefficient (Wildman–Crippen LogP) is -0.914. The number of primary amides is 2. The minimum atomic E-state index is -0.692. The van der Waals surface area contributed by atoms with Crippen molar-refractivity contribution in [1.29, 1.82) is 0 Å². The number of rotatable bonds is 3. The van der Waals surface area contributed by atoms with Gasteiger partial charge in [0.2, 0.25) is 0 Å². The van der Waals surface area contributed by atoms with Crippen molar-refractivity contribution in [3.8, 4) is 0 Å². The molecule has 0 bridgehead atoms. The molecule has 78 valence electrons. The van der Waals surface area contributed by atoms with Gasteiger partial charge in [-0.25, -0.2) is 9.59 Å². The number of nitrogens with one attached hydrogen (secondary N) is 2. The van der Waals surface area contributed by atoms with Crippen molar-refractivity contribution in [2.24, 2.45) is 17.4 Å². The largest absolute Gasteiger partial charge is 2.00 e. The van der Waals surface area contributed by atoms with Crippen molar-refractivity contribution < 1.29 is 9.59 Å². The molecule has 9 N–H and O–H groups in total. The number of carbonyl (C=O) groups excluding carboxylic acids is 2. The number of amides is 4. The van der Waals surface area contributed by atoms with Crippen LogP contribution in [0.4, 0.5) is 9.59 Å². The van der Waals surface area contributed by atoms with Gasteiger partial charge < -0.3 is 28.3 Å². The molecule has 0 radical (unpaired) electrons. The third-order valence-corrected chi connectivity index (χ3v) is 1.26. The number of nitrogens with two attached hydrogens (primary N) is 2. The fraction of sp³-hybridized carbons (Fsp3) is 0.667. The summed E-state index contributed by atoms with van der Waals surface area (Å²) in [5.74, 6) is 0.0324. The average Bonchev–Trinajstić information content (AvgIpc) is 1.83. The standard InChI is InChI=1S/C6H14N4O2.Mg.H3N/c1-3(2)4(9-5(7)11)10-6(8)12;;/h3-4H,1-2H3,(H3,7,9,11)(H3,8,10,12);;1H3/q;+2;. The Morgan fingerprint density at radius 3 is 1.50 bits per heavy atom. The summed E-state index contributed by atoms with van der Waals surface area (Å²) in [6.07, 6.45) is -0.514. The molecular weight excluding hydrogens is 198 g/mol. The average molecular weight is 216 g/mol. The molecule has 0 spiro atoms. The molecule has 0 heterocycles. The zero-order valence-electron chi connectivity index (χ0n) is 8.54. The second kappa shape index (κ2) is 8.85. The van der Waals surface area contributed by atoms with Crippen LogP contribution in [0.15, 0.2) is 0 Å². The molecule has 0 aliphatic heterocycles. The van der Waals surface area contributed by atoms with Crippen LogP contribution in [0.5, 0.6) is 0 Å². The second-order valence-corrected chi connectivity index (χ2v) is 2.74. The fourth-order valence-electron chi connectivity index (χ4n) is 0.676. The molecular formula is C6H17MgN5O2+2.